The first kappa shape index (κ1) is 7.03. The van der Waals surface area contributed by atoms with Crippen molar-refractivity contribution in [1.29, 1.82) is 0 Å². The maximum absolute atomic E-state index is 9.36. The predicted molar refractivity (Wildman–Crippen MR) is 36.4 cm³/mol. The molecule has 0 bridgehead atoms. The second-order valence-electron chi connectivity index (χ2n) is 3.54. The molecule has 0 aromatic rings. The Kier molecular flexibility index (Phi) is 1.53. The second-order valence-corrected chi connectivity index (χ2v) is 3.54. The van der Waals surface area contributed by atoms with Crippen molar-refractivity contribution in [3.63, 3.8) is 0 Å². The van der Waals surface area contributed by atoms with Crippen molar-refractivity contribution in [3.8, 4) is 0 Å². The fourth-order valence-corrected chi connectivity index (χ4v) is 1.40. The standard InChI is InChI=1S/C7H15NO/c1-6-4-5-7(2,3)8(6)9/h6,9H,4-5H2,1-3H3. The van der Waals surface area contributed by atoms with E-state index >= 15 is 0 Å². The van der Waals surface area contributed by atoms with E-state index in [1.807, 2.05) is 0 Å². The molecule has 1 fully saturated rings. The molecule has 1 atom stereocenters. The van der Waals surface area contributed by atoms with Gasteiger partial charge in [-0.3, -0.25) is 0 Å². The summed E-state index contributed by atoms with van der Waals surface area (Å²) in [7, 11) is 0. The lowest BCUT2D eigenvalue weighted by Crippen LogP contribution is -2.38. The van der Waals surface area contributed by atoms with Gasteiger partial charge in [-0.25, -0.2) is 0 Å². The van der Waals surface area contributed by atoms with Crippen molar-refractivity contribution in [3.05, 3.63) is 0 Å². The molecule has 0 radical (unpaired) electrons. The van der Waals surface area contributed by atoms with Crippen molar-refractivity contribution in [2.75, 3.05) is 0 Å². The highest BCUT2D eigenvalue weighted by Gasteiger charge is 2.35. The van der Waals surface area contributed by atoms with Crippen LogP contribution in [-0.4, -0.2) is 21.9 Å². The van der Waals surface area contributed by atoms with Crippen LogP contribution in [0, 0.1) is 0 Å². The summed E-state index contributed by atoms with van der Waals surface area (Å²) in [5.41, 5.74) is 0.0133. The molecular formula is C7H15NO. The van der Waals surface area contributed by atoms with E-state index in [9.17, 15) is 5.21 Å². The van der Waals surface area contributed by atoms with Gasteiger partial charge in [0.2, 0.25) is 0 Å². The molecule has 1 aliphatic rings. The molecule has 1 saturated heterocycles. The minimum atomic E-state index is 0.0133. The van der Waals surface area contributed by atoms with Gasteiger partial charge in [-0.2, -0.15) is 5.06 Å². The SMILES string of the molecule is CC1CCC(C)(C)N1O. The van der Waals surface area contributed by atoms with Crippen LogP contribution in [0.5, 0.6) is 0 Å². The van der Waals surface area contributed by atoms with E-state index in [0.717, 1.165) is 12.8 Å². The third kappa shape index (κ3) is 1.10. The molecule has 0 aliphatic carbocycles. The minimum Gasteiger partial charge on any atom is -0.313 e. The molecule has 54 valence electrons. The summed E-state index contributed by atoms with van der Waals surface area (Å²) in [5, 5.41) is 10.8. The molecule has 0 saturated carbocycles. The van der Waals surface area contributed by atoms with Gasteiger partial charge in [0.25, 0.3) is 0 Å². The Morgan fingerprint density at radius 2 is 2.11 bits per heavy atom. The Morgan fingerprint density at radius 1 is 1.56 bits per heavy atom. The summed E-state index contributed by atoms with van der Waals surface area (Å²) in [4.78, 5) is 0. The van der Waals surface area contributed by atoms with E-state index in [2.05, 4.69) is 20.8 Å². The zero-order valence-electron chi connectivity index (χ0n) is 6.39. The minimum absolute atomic E-state index is 0.0133. The van der Waals surface area contributed by atoms with Crippen LogP contribution in [0.4, 0.5) is 0 Å². The van der Waals surface area contributed by atoms with Crippen LogP contribution >= 0.6 is 0 Å². The molecule has 1 rings (SSSR count). The van der Waals surface area contributed by atoms with Crippen LogP contribution in [0.1, 0.15) is 33.6 Å². The van der Waals surface area contributed by atoms with Gasteiger partial charge in [0.05, 0.1) is 0 Å². The molecule has 1 heterocycles. The quantitative estimate of drug-likeness (QED) is 0.537. The Morgan fingerprint density at radius 3 is 2.22 bits per heavy atom. The average molecular weight is 129 g/mol. The van der Waals surface area contributed by atoms with Gasteiger partial charge in [-0.05, 0) is 33.6 Å². The maximum Gasteiger partial charge on any atom is 0.0408 e. The molecule has 1 unspecified atom stereocenters. The molecule has 0 aromatic carbocycles. The molecule has 2 nitrogen and oxygen atoms in total. The van der Waals surface area contributed by atoms with Crippen LogP contribution < -0.4 is 0 Å². The highest BCUT2D eigenvalue weighted by molar-refractivity contribution is 4.87. The summed E-state index contributed by atoms with van der Waals surface area (Å²) in [6, 6.07) is 0.347. The van der Waals surface area contributed by atoms with Crippen LogP contribution in [0.2, 0.25) is 0 Å². The van der Waals surface area contributed by atoms with Crippen LogP contribution in [-0.2, 0) is 0 Å². The van der Waals surface area contributed by atoms with Crippen LogP contribution in [0.15, 0.2) is 0 Å². The molecule has 0 spiro atoms. The first-order chi connectivity index (χ1) is 4.04. The smallest absolute Gasteiger partial charge is 0.0408 e. The average Bonchev–Trinajstić information content (AvgIpc) is 1.97. The number of hydroxylamine groups is 2. The van der Waals surface area contributed by atoms with E-state index in [1.165, 1.54) is 5.06 Å². The molecule has 1 N–H and O–H groups in total. The fraction of sp³-hybridized carbons (Fsp3) is 1.00. The van der Waals surface area contributed by atoms with Crippen LogP contribution in [0.3, 0.4) is 0 Å². The van der Waals surface area contributed by atoms with Crippen molar-refractivity contribution >= 4 is 0 Å². The zero-order chi connectivity index (χ0) is 7.07. The number of nitrogens with zero attached hydrogens (tertiary/aromatic N) is 1. The summed E-state index contributed by atoms with van der Waals surface area (Å²) in [6.45, 7) is 6.18. The van der Waals surface area contributed by atoms with Gasteiger partial charge in [0, 0.05) is 11.6 Å². The Labute approximate surface area is 56.4 Å². The van der Waals surface area contributed by atoms with E-state index in [-0.39, 0.29) is 5.54 Å². The lowest BCUT2D eigenvalue weighted by molar-refractivity contribution is -0.159. The lowest BCUT2D eigenvalue weighted by Gasteiger charge is -2.27. The van der Waals surface area contributed by atoms with Gasteiger partial charge in [-0.15, -0.1) is 0 Å². The van der Waals surface area contributed by atoms with Gasteiger partial charge < -0.3 is 5.21 Å². The van der Waals surface area contributed by atoms with Crippen molar-refractivity contribution in [1.82, 2.24) is 5.06 Å². The van der Waals surface area contributed by atoms with E-state index in [0.29, 0.717) is 6.04 Å². The highest BCUT2D eigenvalue weighted by atomic mass is 16.5. The number of rotatable bonds is 0. The Bertz CT molecular complexity index is 111. The topological polar surface area (TPSA) is 23.5 Å². The van der Waals surface area contributed by atoms with E-state index in [4.69, 9.17) is 0 Å². The zero-order valence-corrected chi connectivity index (χ0v) is 6.39. The van der Waals surface area contributed by atoms with E-state index < -0.39 is 0 Å². The second kappa shape index (κ2) is 1.96. The van der Waals surface area contributed by atoms with Crippen LogP contribution in [0.25, 0.3) is 0 Å². The van der Waals surface area contributed by atoms with Crippen molar-refractivity contribution in [2.24, 2.45) is 0 Å². The summed E-state index contributed by atoms with van der Waals surface area (Å²) in [6.07, 6.45) is 2.22. The highest BCUT2D eigenvalue weighted by Crippen LogP contribution is 2.30. The van der Waals surface area contributed by atoms with Gasteiger partial charge in [-0.1, -0.05) is 0 Å². The predicted octanol–water partition coefficient (Wildman–Crippen LogP) is 1.64. The van der Waals surface area contributed by atoms with Gasteiger partial charge >= 0.3 is 0 Å². The number of hydrogen-bond acceptors (Lipinski definition) is 2. The third-order valence-electron chi connectivity index (χ3n) is 2.21. The van der Waals surface area contributed by atoms with Crippen molar-refractivity contribution in [2.45, 2.75) is 45.2 Å². The summed E-state index contributed by atoms with van der Waals surface area (Å²) in [5.74, 6) is 0. The molecule has 9 heavy (non-hydrogen) atoms. The first-order valence-corrected chi connectivity index (χ1v) is 3.52. The van der Waals surface area contributed by atoms with Crippen molar-refractivity contribution < 1.29 is 5.21 Å². The monoisotopic (exact) mass is 129 g/mol. The normalized spacial score (nSPS) is 35.3. The molecule has 1 aliphatic heterocycles. The van der Waals surface area contributed by atoms with Gasteiger partial charge in [0.15, 0.2) is 0 Å². The molecule has 2 heteroatoms. The lowest BCUT2D eigenvalue weighted by atomic mass is 10.0. The molecular weight excluding hydrogens is 114 g/mol. The summed E-state index contributed by atoms with van der Waals surface area (Å²) >= 11 is 0. The first-order valence-electron chi connectivity index (χ1n) is 3.52. The Balaban J connectivity index is 2.62. The maximum atomic E-state index is 9.36. The Hall–Kier alpha value is -0.0800. The molecule has 0 aromatic heterocycles. The largest absolute Gasteiger partial charge is 0.313 e. The third-order valence-corrected chi connectivity index (χ3v) is 2.21. The van der Waals surface area contributed by atoms with E-state index in [1.54, 1.807) is 0 Å². The number of hydrogen-bond donors (Lipinski definition) is 1. The molecule has 0 amide bonds. The van der Waals surface area contributed by atoms with Gasteiger partial charge in [0.1, 0.15) is 0 Å². The fourth-order valence-electron chi connectivity index (χ4n) is 1.40. The summed E-state index contributed by atoms with van der Waals surface area (Å²) < 4.78 is 0.